The third kappa shape index (κ3) is 4.76. The highest BCUT2D eigenvalue weighted by Gasteiger charge is 2.13. The number of nitrogens with zero attached hydrogens (tertiary/aromatic N) is 1. The second kappa shape index (κ2) is 7.78. The molecule has 0 atom stereocenters. The Morgan fingerprint density at radius 3 is 2.65 bits per heavy atom. The van der Waals surface area contributed by atoms with E-state index in [-0.39, 0.29) is 0 Å². The molecule has 4 nitrogen and oxygen atoms in total. The van der Waals surface area contributed by atoms with E-state index >= 15 is 0 Å². The quantitative estimate of drug-likeness (QED) is 0.475. The van der Waals surface area contributed by atoms with Gasteiger partial charge in [-0.2, -0.15) is 0 Å². The van der Waals surface area contributed by atoms with Gasteiger partial charge in [0, 0.05) is 12.2 Å². The number of nitrogens with two attached hydrogens (primary N) is 1. The molecule has 0 amide bonds. The van der Waals surface area contributed by atoms with Crippen molar-refractivity contribution in [2.75, 3.05) is 19.0 Å². The highest BCUT2D eigenvalue weighted by atomic mass is 16.5. The van der Waals surface area contributed by atoms with Crippen molar-refractivity contribution in [3.05, 3.63) is 24.3 Å². The van der Waals surface area contributed by atoms with Crippen LogP contribution in [0.5, 0.6) is 5.75 Å². The van der Waals surface area contributed by atoms with E-state index in [9.17, 15) is 0 Å². The van der Waals surface area contributed by atoms with Gasteiger partial charge in [-0.05, 0) is 43.0 Å². The normalized spacial score (nSPS) is 16.4. The molecule has 110 valence electrons. The lowest BCUT2D eigenvalue weighted by Gasteiger charge is -2.08. The standard InChI is InChI=1S/C16H25N3O/c1-20-15-10-8-14(9-11-15)19-16(17)18-12-4-7-13-5-2-3-6-13/h8-11,13H,2-7,12H2,1H3,(H3,17,18,19). The highest BCUT2D eigenvalue weighted by Crippen LogP contribution is 2.28. The number of methoxy groups -OCH3 is 1. The van der Waals surface area contributed by atoms with E-state index in [4.69, 9.17) is 10.5 Å². The first-order valence-corrected chi connectivity index (χ1v) is 7.49. The lowest BCUT2D eigenvalue weighted by Crippen LogP contribution is -2.22. The molecule has 0 aromatic heterocycles. The Kier molecular flexibility index (Phi) is 5.71. The van der Waals surface area contributed by atoms with E-state index in [1.807, 2.05) is 24.3 Å². The van der Waals surface area contributed by atoms with E-state index in [2.05, 4.69) is 10.3 Å². The molecule has 1 aliphatic carbocycles. The number of hydrogen-bond acceptors (Lipinski definition) is 2. The smallest absolute Gasteiger partial charge is 0.193 e. The molecule has 20 heavy (non-hydrogen) atoms. The molecule has 1 fully saturated rings. The van der Waals surface area contributed by atoms with E-state index < -0.39 is 0 Å². The molecule has 3 N–H and O–H groups in total. The van der Waals surface area contributed by atoms with Crippen LogP contribution in [0, 0.1) is 5.92 Å². The number of ether oxygens (including phenoxy) is 1. The maximum absolute atomic E-state index is 5.88. The summed E-state index contributed by atoms with van der Waals surface area (Å²) in [7, 11) is 1.66. The molecule has 4 heteroatoms. The van der Waals surface area contributed by atoms with Crippen molar-refractivity contribution in [2.45, 2.75) is 38.5 Å². The largest absolute Gasteiger partial charge is 0.497 e. The molecule has 1 aromatic rings. The average molecular weight is 275 g/mol. The van der Waals surface area contributed by atoms with Crippen molar-refractivity contribution in [1.29, 1.82) is 0 Å². The summed E-state index contributed by atoms with van der Waals surface area (Å²) in [5.74, 6) is 2.25. The van der Waals surface area contributed by atoms with Crippen molar-refractivity contribution in [2.24, 2.45) is 16.6 Å². The number of hydrogen-bond donors (Lipinski definition) is 2. The molecule has 0 saturated heterocycles. The Morgan fingerprint density at radius 1 is 1.30 bits per heavy atom. The van der Waals surface area contributed by atoms with E-state index in [1.54, 1.807) is 7.11 Å². The maximum Gasteiger partial charge on any atom is 0.193 e. The average Bonchev–Trinajstić information content (AvgIpc) is 2.98. The second-order valence-electron chi connectivity index (χ2n) is 5.41. The van der Waals surface area contributed by atoms with Gasteiger partial charge >= 0.3 is 0 Å². The molecule has 0 bridgehead atoms. The molecule has 0 spiro atoms. The first-order valence-electron chi connectivity index (χ1n) is 7.49. The number of guanidine groups is 1. The van der Waals surface area contributed by atoms with Gasteiger partial charge in [0.2, 0.25) is 0 Å². The van der Waals surface area contributed by atoms with Crippen LogP contribution in [0.4, 0.5) is 5.69 Å². The molecule has 2 rings (SSSR count). The molecule has 1 aliphatic rings. The van der Waals surface area contributed by atoms with Gasteiger partial charge in [-0.3, -0.25) is 4.99 Å². The Balaban J connectivity index is 1.69. The predicted octanol–water partition coefficient (Wildman–Crippen LogP) is 3.39. The third-order valence-corrected chi connectivity index (χ3v) is 3.89. The summed E-state index contributed by atoms with van der Waals surface area (Å²) >= 11 is 0. The SMILES string of the molecule is COc1ccc(NC(N)=NCCCC2CCCC2)cc1. The Labute approximate surface area is 121 Å². The molecule has 0 unspecified atom stereocenters. The van der Waals surface area contributed by atoms with Crippen molar-refractivity contribution < 1.29 is 4.74 Å². The van der Waals surface area contributed by atoms with Gasteiger partial charge in [0.05, 0.1) is 7.11 Å². The number of anilines is 1. The van der Waals surface area contributed by atoms with Gasteiger partial charge < -0.3 is 15.8 Å². The number of rotatable bonds is 6. The van der Waals surface area contributed by atoms with Gasteiger partial charge in [-0.1, -0.05) is 25.7 Å². The van der Waals surface area contributed by atoms with Crippen molar-refractivity contribution >= 4 is 11.6 Å². The molecular formula is C16H25N3O. The van der Waals surface area contributed by atoms with Crippen molar-refractivity contribution in [1.82, 2.24) is 0 Å². The van der Waals surface area contributed by atoms with Crippen LogP contribution in [0.2, 0.25) is 0 Å². The van der Waals surface area contributed by atoms with Gasteiger partial charge in [-0.25, -0.2) is 0 Å². The predicted molar refractivity (Wildman–Crippen MR) is 84.3 cm³/mol. The summed E-state index contributed by atoms with van der Waals surface area (Å²) in [6.07, 6.45) is 8.06. The summed E-state index contributed by atoms with van der Waals surface area (Å²) in [6.45, 7) is 0.811. The summed E-state index contributed by atoms with van der Waals surface area (Å²) in [4.78, 5) is 4.38. The fourth-order valence-corrected chi connectivity index (χ4v) is 2.74. The fraction of sp³-hybridized carbons (Fsp3) is 0.562. The molecule has 1 saturated carbocycles. The second-order valence-corrected chi connectivity index (χ2v) is 5.41. The Morgan fingerprint density at radius 2 is 2.00 bits per heavy atom. The lowest BCUT2D eigenvalue weighted by molar-refractivity contribution is 0.415. The topological polar surface area (TPSA) is 59.6 Å². The zero-order valence-electron chi connectivity index (χ0n) is 12.3. The van der Waals surface area contributed by atoms with Gasteiger partial charge in [0.15, 0.2) is 5.96 Å². The summed E-state index contributed by atoms with van der Waals surface area (Å²) < 4.78 is 5.11. The van der Waals surface area contributed by atoms with Crippen LogP contribution < -0.4 is 15.8 Å². The summed E-state index contributed by atoms with van der Waals surface area (Å²) in [5.41, 5.74) is 6.81. The highest BCUT2D eigenvalue weighted by molar-refractivity contribution is 5.92. The number of benzene rings is 1. The van der Waals surface area contributed by atoms with Crippen molar-refractivity contribution in [3.63, 3.8) is 0 Å². The number of nitrogens with one attached hydrogen (secondary N) is 1. The Bertz CT molecular complexity index is 422. The minimum atomic E-state index is 0.488. The maximum atomic E-state index is 5.88. The zero-order chi connectivity index (χ0) is 14.2. The van der Waals surface area contributed by atoms with Crippen LogP contribution >= 0.6 is 0 Å². The Hall–Kier alpha value is -1.71. The van der Waals surface area contributed by atoms with Crippen LogP contribution in [-0.2, 0) is 0 Å². The number of aliphatic imine (C=N–C) groups is 1. The molecule has 0 heterocycles. The third-order valence-electron chi connectivity index (χ3n) is 3.89. The molecule has 0 radical (unpaired) electrons. The minimum Gasteiger partial charge on any atom is -0.497 e. The monoisotopic (exact) mass is 275 g/mol. The summed E-state index contributed by atoms with van der Waals surface area (Å²) in [6, 6.07) is 7.66. The van der Waals surface area contributed by atoms with Gasteiger partial charge in [0.1, 0.15) is 5.75 Å². The minimum absolute atomic E-state index is 0.488. The van der Waals surface area contributed by atoms with Crippen LogP contribution in [0.1, 0.15) is 38.5 Å². The summed E-state index contributed by atoms with van der Waals surface area (Å²) in [5, 5.41) is 3.09. The van der Waals surface area contributed by atoms with E-state index in [0.29, 0.717) is 5.96 Å². The van der Waals surface area contributed by atoms with Crippen molar-refractivity contribution in [3.8, 4) is 5.75 Å². The molecular weight excluding hydrogens is 250 g/mol. The van der Waals surface area contributed by atoms with Gasteiger partial charge in [0.25, 0.3) is 0 Å². The van der Waals surface area contributed by atoms with Crippen LogP contribution in [0.3, 0.4) is 0 Å². The van der Waals surface area contributed by atoms with Crippen LogP contribution in [-0.4, -0.2) is 19.6 Å². The molecule has 1 aromatic carbocycles. The van der Waals surface area contributed by atoms with E-state index in [1.165, 1.54) is 32.1 Å². The van der Waals surface area contributed by atoms with Crippen LogP contribution in [0.15, 0.2) is 29.3 Å². The first kappa shape index (κ1) is 14.7. The zero-order valence-corrected chi connectivity index (χ0v) is 12.3. The first-order chi connectivity index (χ1) is 9.78. The van der Waals surface area contributed by atoms with Crippen LogP contribution in [0.25, 0.3) is 0 Å². The lowest BCUT2D eigenvalue weighted by atomic mass is 10.0. The van der Waals surface area contributed by atoms with Gasteiger partial charge in [-0.15, -0.1) is 0 Å². The molecule has 0 aliphatic heterocycles. The van der Waals surface area contributed by atoms with E-state index in [0.717, 1.165) is 30.3 Å². The fourth-order valence-electron chi connectivity index (χ4n) is 2.74.